The molecule has 8 nitrogen and oxygen atoms in total. The molecular weight excluding hydrogens is 450 g/mol. The average Bonchev–Trinajstić information content (AvgIpc) is 3.20. The number of Topliss-reactive ketones (excluding diaryl/α,β-unsaturated/α-hetero) is 1. The minimum atomic E-state index is -1.15. The maximum absolute atomic E-state index is 13.2. The number of carboxylic acid groups (broad SMARTS) is 2. The van der Waals surface area contributed by atoms with E-state index in [1.807, 2.05) is 19.1 Å². The number of carboxylic acids is 2. The Bertz CT molecular complexity index is 1450. The van der Waals surface area contributed by atoms with E-state index in [4.69, 9.17) is 9.84 Å². The molecule has 0 aliphatic carbocycles. The van der Waals surface area contributed by atoms with Gasteiger partial charge in [-0.05, 0) is 49.4 Å². The minimum absolute atomic E-state index is 0.000411. The third kappa shape index (κ3) is 5.11. The van der Waals surface area contributed by atoms with Crippen molar-refractivity contribution in [2.24, 2.45) is 0 Å². The number of rotatable bonds is 9. The molecule has 35 heavy (non-hydrogen) atoms. The lowest BCUT2D eigenvalue weighted by atomic mass is 10.0. The van der Waals surface area contributed by atoms with Crippen LogP contribution >= 0.6 is 0 Å². The number of carbonyl (C=O) groups is 4. The van der Waals surface area contributed by atoms with Crippen LogP contribution < -0.4 is 4.74 Å². The van der Waals surface area contributed by atoms with Gasteiger partial charge in [-0.1, -0.05) is 29.8 Å². The van der Waals surface area contributed by atoms with Crippen molar-refractivity contribution in [3.05, 3.63) is 101 Å². The first kappa shape index (κ1) is 23.4. The maximum Gasteiger partial charge on any atom is 0.335 e. The van der Waals surface area contributed by atoms with Crippen LogP contribution in [0.2, 0.25) is 0 Å². The number of benzene rings is 3. The molecular formula is C27H21NO7. The van der Waals surface area contributed by atoms with E-state index in [1.165, 1.54) is 42.6 Å². The van der Waals surface area contributed by atoms with Crippen molar-refractivity contribution in [3.63, 3.8) is 0 Å². The maximum atomic E-state index is 13.2. The van der Waals surface area contributed by atoms with Gasteiger partial charge in [0.15, 0.2) is 11.6 Å². The normalized spacial score (nSPS) is 10.8. The fourth-order valence-electron chi connectivity index (χ4n) is 3.70. The quantitative estimate of drug-likeness (QED) is 0.350. The first-order valence-corrected chi connectivity index (χ1v) is 10.7. The van der Waals surface area contributed by atoms with Crippen molar-refractivity contribution in [3.8, 4) is 5.75 Å². The summed E-state index contributed by atoms with van der Waals surface area (Å²) in [4.78, 5) is 48.5. The van der Waals surface area contributed by atoms with Gasteiger partial charge in [0.05, 0.1) is 17.7 Å². The third-order valence-electron chi connectivity index (χ3n) is 5.53. The first-order valence-electron chi connectivity index (χ1n) is 10.7. The first-order chi connectivity index (χ1) is 16.7. The fraction of sp³-hybridized carbons (Fsp3) is 0.111. The van der Waals surface area contributed by atoms with Gasteiger partial charge in [-0.2, -0.15) is 0 Å². The monoisotopic (exact) mass is 471 g/mol. The molecule has 1 heterocycles. The van der Waals surface area contributed by atoms with Crippen molar-refractivity contribution in [1.29, 1.82) is 0 Å². The highest BCUT2D eigenvalue weighted by Gasteiger charge is 2.20. The second-order valence-electron chi connectivity index (χ2n) is 8.06. The van der Waals surface area contributed by atoms with E-state index in [2.05, 4.69) is 0 Å². The number of nitrogens with zero attached hydrogens (tertiary/aromatic N) is 1. The molecule has 0 aliphatic heterocycles. The second kappa shape index (κ2) is 9.64. The van der Waals surface area contributed by atoms with Gasteiger partial charge in [-0.25, -0.2) is 9.59 Å². The van der Waals surface area contributed by atoms with E-state index in [0.29, 0.717) is 16.7 Å². The molecule has 4 aromatic rings. The van der Waals surface area contributed by atoms with E-state index in [9.17, 15) is 24.3 Å². The summed E-state index contributed by atoms with van der Waals surface area (Å²) in [6.45, 7) is 1.69. The van der Waals surface area contributed by atoms with Crippen molar-refractivity contribution < 1.29 is 34.1 Å². The molecule has 4 rings (SSSR count). The summed E-state index contributed by atoms with van der Waals surface area (Å²) >= 11 is 0. The number of ether oxygens (including phenoxy) is 1. The lowest BCUT2D eigenvalue weighted by Crippen LogP contribution is -2.17. The molecule has 1 aromatic heterocycles. The van der Waals surface area contributed by atoms with Crippen LogP contribution in [0.15, 0.2) is 72.9 Å². The highest BCUT2D eigenvalue weighted by molar-refractivity contribution is 6.17. The summed E-state index contributed by atoms with van der Waals surface area (Å²) in [5.41, 5.74) is 2.07. The highest BCUT2D eigenvalue weighted by Crippen LogP contribution is 2.26. The van der Waals surface area contributed by atoms with Crippen LogP contribution in [-0.2, 0) is 11.3 Å². The fourth-order valence-corrected chi connectivity index (χ4v) is 3.70. The van der Waals surface area contributed by atoms with Crippen molar-refractivity contribution in [2.75, 3.05) is 6.61 Å². The lowest BCUT2D eigenvalue weighted by Gasteiger charge is -2.08. The van der Waals surface area contributed by atoms with E-state index >= 15 is 0 Å². The van der Waals surface area contributed by atoms with Crippen LogP contribution in [-0.4, -0.2) is 44.9 Å². The molecule has 2 N–H and O–H groups in total. The van der Waals surface area contributed by atoms with Gasteiger partial charge in [0.1, 0.15) is 12.4 Å². The van der Waals surface area contributed by atoms with Crippen LogP contribution in [0.3, 0.4) is 0 Å². The van der Waals surface area contributed by atoms with Crippen LogP contribution in [0.4, 0.5) is 0 Å². The summed E-state index contributed by atoms with van der Waals surface area (Å²) in [5, 5.41) is 18.9. The Hall–Kier alpha value is -4.72. The Balaban J connectivity index is 1.64. The Kier molecular flexibility index (Phi) is 6.46. The molecule has 0 amide bonds. The average molecular weight is 471 g/mol. The zero-order valence-corrected chi connectivity index (χ0v) is 18.7. The molecule has 3 aromatic carbocycles. The van der Waals surface area contributed by atoms with Crippen molar-refractivity contribution in [2.45, 2.75) is 13.5 Å². The number of aromatic carboxylic acids is 2. The smallest absolute Gasteiger partial charge is 0.335 e. The number of carbonyl (C=O) groups excluding carboxylic acids is 2. The van der Waals surface area contributed by atoms with E-state index in [-0.39, 0.29) is 41.2 Å². The Labute approximate surface area is 200 Å². The standard InChI is InChI=1S/C27H21NO7/c1-16-2-9-21(10-3-16)35-15-20(29)13-28-14-23(22-12-19(27(33)34)8-11-24(22)28)25(30)17-4-6-18(7-5-17)26(31)32/h2-12,14H,13,15H2,1H3,(H,31,32)(H,33,34). The van der Waals surface area contributed by atoms with Gasteiger partial charge in [-0.15, -0.1) is 0 Å². The SMILES string of the molecule is Cc1ccc(OCC(=O)Cn2cc(C(=O)c3ccc(C(=O)O)cc3)c3cc(C(=O)O)ccc32)cc1. The van der Waals surface area contributed by atoms with Gasteiger partial charge in [-0.3, -0.25) is 9.59 Å². The zero-order chi connectivity index (χ0) is 25.1. The molecule has 0 atom stereocenters. The third-order valence-corrected chi connectivity index (χ3v) is 5.53. The molecule has 0 aliphatic rings. The highest BCUT2D eigenvalue weighted by atomic mass is 16.5. The number of aromatic nitrogens is 1. The predicted octanol–water partition coefficient (Wildman–Crippen LogP) is 4.23. The summed E-state index contributed by atoms with van der Waals surface area (Å²) in [5.74, 6) is -2.36. The molecule has 0 bridgehead atoms. The molecule has 0 spiro atoms. The predicted molar refractivity (Wildman–Crippen MR) is 127 cm³/mol. The molecule has 0 saturated carbocycles. The summed E-state index contributed by atoms with van der Waals surface area (Å²) in [6.07, 6.45) is 1.51. The second-order valence-corrected chi connectivity index (χ2v) is 8.06. The largest absolute Gasteiger partial charge is 0.486 e. The van der Waals surface area contributed by atoms with Gasteiger partial charge >= 0.3 is 11.9 Å². The van der Waals surface area contributed by atoms with Gasteiger partial charge in [0.25, 0.3) is 0 Å². The molecule has 0 radical (unpaired) electrons. The topological polar surface area (TPSA) is 123 Å². The van der Waals surface area contributed by atoms with Gasteiger partial charge < -0.3 is 19.5 Å². The molecule has 176 valence electrons. The van der Waals surface area contributed by atoms with Crippen LogP contribution in [0.25, 0.3) is 10.9 Å². The van der Waals surface area contributed by atoms with E-state index in [0.717, 1.165) is 5.56 Å². The number of fused-ring (bicyclic) bond motifs is 1. The van der Waals surface area contributed by atoms with Crippen LogP contribution in [0.1, 0.15) is 42.2 Å². The Morgan fingerprint density at radius 3 is 2.03 bits per heavy atom. The molecule has 8 heteroatoms. The Morgan fingerprint density at radius 2 is 1.40 bits per heavy atom. The number of aryl methyl sites for hydroxylation is 1. The number of ketones is 2. The summed E-state index contributed by atoms with van der Waals surface area (Å²) < 4.78 is 7.14. The van der Waals surface area contributed by atoms with Crippen LogP contribution in [0, 0.1) is 6.92 Å². The van der Waals surface area contributed by atoms with E-state index in [1.54, 1.807) is 22.8 Å². The van der Waals surface area contributed by atoms with Crippen LogP contribution in [0.5, 0.6) is 5.75 Å². The lowest BCUT2D eigenvalue weighted by molar-refractivity contribution is -0.121. The van der Waals surface area contributed by atoms with Gasteiger partial charge in [0.2, 0.25) is 0 Å². The molecule has 0 saturated heterocycles. The van der Waals surface area contributed by atoms with Gasteiger partial charge in [0, 0.05) is 28.2 Å². The number of hydrogen-bond donors (Lipinski definition) is 2. The van der Waals surface area contributed by atoms with E-state index < -0.39 is 17.7 Å². The molecule has 0 fully saturated rings. The number of hydrogen-bond acceptors (Lipinski definition) is 5. The van der Waals surface area contributed by atoms with Crippen molar-refractivity contribution in [1.82, 2.24) is 4.57 Å². The summed E-state index contributed by atoms with van der Waals surface area (Å²) in [6, 6.07) is 17.1. The Morgan fingerprint density at radius 1 is 0.800 bits per heavy atom. The minimum Gasteiger partial charge on any atom is -0.486 e. The molecule has 0 unspecified atom stereocenters. The summed E-state index contributed by atoms with van der Waals surface area (Å²) in [7, 11) is 0. The zero-order valence-electron chi connectivity index (χ0n) is 18.7. The van der Waals surface area contributed by atoms with Crippen molar-refractivity contribution >= 4 is 34.4 Å².